The summed E-state index contributed by atoms with van der Waals surface area (Å²) in [4.78, 5) is 18.6. The maximum Gasteiger partial charge on any atom is 0.207 e. The van der Waals surface area contributed by atoms with Crippen LogP contribution in [0.1, 0.15) is 11.3 Å². The quantitative estimate of drug-likeness (QED) is 0.658. The Morgan fingerprint density at radius 1 is 1.38 bits per heavy atom. The summed E-state index contributed by atoms with van der Waals surface area (Å²) in [6, 6.07) is 3.45. The molecule has 0 amide bonds. The first-order chi connectivity index (χ1) is 6.18. The molecule has 0 radical (unpaired) electrons. The zero-order valence-electron chi connectivity index (χ0n) is 7.59. The van der Waals surface area contributed by atoms with E-state index in [1.165, 1.54) is 6.07 Å². The highest BCUT2D eigenvalue weighted by atomic mass is 16.1. The van der Waals surface area contributed by atoms with Crippen molar-refractivity contribution in [1.82, 2.24) is 9.97 Å². The van der Waals surface area contributed by atoms with Crippen LogP contribution < -0.4 is 5.43 Å². The van der Waals surface area contributed by atoms with Crippen LogP contribution in [0.5, 0.6) is 0 Å². The molecular formula is C10H10N2O. The van der Waals surface area contributed by atoms with E-state index in [2.05, 4.69) is 9.97 Å². The highest BCUT2D eigenvalue weighted by Gasteiger charge is 2.02. The minimum Gasteiger partial charge on any atom is -0.359 e. The molecule has 2 heterocycles. The van der Waals surface area contributed by atoms with Crippen LogP contribution >= 0.6 is 0 Å². The normalized spacial score (nSPS) is 10.6. The molecule has 0 unspecified atom stereocenters. The molecule has 0 aliphatic carbocycles. The number of nitrogens with one attached hydrogen (secondary N) is 1. The zero-order valence-corrected chi connectivity index (χ0v) is 7.59. The lowest BCUT2D eigenvalue weighted by atomic mass is 10.2. The monoisotopic (exact) mass is 174 g/mol. The minimum absolute atomic E-state index is 0.0273. The summed E-state index contributed by atoms with van der Waals surface area (Å²) in [5.41, 5.74) is 3.26. The fourth-order valence-electron chi connectivity index (χ4n) is 1.48. The third-order valence-electron chi connectivity index (χ3n) is 2.04. The third-order valence-corrected chi connectivity index (χ3v) is 2.04. The third kappa shape index (κ3) is 1.22. The summed E-state index contributed by atoms with van der Waals surface area (Å²) in [7, 11) is 0. The molecule has 66 valence electrons. The molecule has 2 aromatic heterocycles. The maximum absolute atomic E-state index is 11.4. The standard InChI is InChI=1S/C10H10N2O/c1-6-5-7(2)12-10-8(13)3-4-11-9(6)10/h3-5H,1-2H3,(H,11,13). The molecule has 0 bridgehead atoms. The van der Waals surface area contributed by atoms with E-state index in [0.29, 0.717) is 5.52 Å². The largest absolute Gasteiger partial charge is 0.359 e. The number of H-pyrrole nitrogens is 1. The molecule has 0 aromatic carbocycles. The van der Waals surface area contributed by atoms with E-state index < -0.39 is 0 Å². The first-order valence-corrected chi connectivity index (χ1v) is 4.14. The number of nitrogens with zero attached hydrogens (tertiary/aromatic N) is 1. The van der Waals surface area contributed by atoms with E-state index in [1.54, 1.807) is 6.20 Å². The van der Waals surface area contributed by atoms with Crippen molar-refractivity contribution in [1.29, 1.82) is 0 Å². The van der Waals surface area contributed by atoms with Crippen molar-refractivity contribution in [3.63, 3.8) is 0 Å². The van der Waals surface area contributed by atoms with E-state index in [9.17, 15) is 4.79 Å². The fraction of sp³-hybridized carbons (Fsp3) is 0.200. The van der Waals surface area contributed by atoms with Crippen molar-refractivity contribution in [2.45, 2.75) is 13.8 Å². The smallest absolute Gasteiger partial charge is 0.207 e. The molecule has 3 heteroatoms. The van der Waals surface area contributed by atoms with Crippen LogP contribution in [0.2, 0.25) is 0 Å². The van der Waals surface area contributed by atoms with Crippen molar-refractivity contribution >= 4 is 11.0 Å². The average molecular weight is 174 g/mol. The Bertz CT molecular complexity index is 514. The van der Waals surface area contributed by atoms with Crippen LogP contribution in [0.15, 0.2) is 23.1 Å². The Hall–Kier alpha value is -1.64. The zero-order chi connectivity index (χ0) is 9.42. The molecule has 2 rings (SSSR count). The number of aryl methyl sites for hydroxylation is 2. The van der Waals surface area contributed by atoms with Gasteiger partial charge in [0.25, 0.3) is 0 Å². The SMILES string of the molecule is Cc1cc(C)c2[nH]ccc(=O)c2n1. The van der Waals surface area contributed by atoms with E-state index in [1.807, 2.05) is 19.9 Å². The van der Waals surface area contributed by atoms with Gasteiger partial charge in [0.15, 0.2) is 0 Å². The first kappa shape index (κ1) is 7.98. The van der Waals surface area contributed by atoms with Crippen LogP contribution in [-0.2, 0) is 0 Å². The van der Waals surface area contributed by atoms with Crippen LogP contribution in [-0.4, -0.2) is 9.97 Å². The Morgan fingerprint density at radius 3 is 2.92 bits per heavy atom. The number of fused-ring (bicyclic) bond motifs is 1. The molecule has 2 aromatic rings. The van der Waals surface area contributed by atoms with Gasteiger partial charge in [-0.15, -0.1) is 0 Å². The first-order valence-electron chi connectivity index (χ1n) is 4.14. The van der Waals surface area contributed by atoms with Gasteiger partial charge in [-0.3, -0.25) is 4.79 Å². The number of pyridine rings is 2. The number of aromatic nitrogens is 2. The van der Waals surface area contributed by atoms with Gasteiger partial charge in [0.1, 0.15) is 5.52 Å². The van der Waals surface area contributed by atoms with Gasteiger partial charge in [-0.25, -0.2) is 4.98 Å². The van der Waals surface area contributed by atoms with Gasteiger partial charge in [-0.05, 0) is 25.5 Å². The van der Waals surface area contributed by atoms with Crippen LogP contribution in [0.4, 0.5) is 0 Å². The second kappa shape index (κ2) is 2.69. The molecule has 0 spiro atoms. The summed E-state index contributed by atoms with van der Waals surface area (Å²) in [6.07, 6.45) is 1.65. The van der Waals surface area contributed by atoms with Gasteiger partial charge >= 0.3 is 0 Å². The molecular weight excluding hydrogens is 164 g/mol. The molecule has 1 N–H and O–H groups in total. The van der Waals surface area contributed by atoms with Gasteiger partial charge in [-0.2, -0.15) is 0 Å². The lowest BCUT2D eigenvalue weighted by molar-refractivity contribution is 1.20. The summed E-state index contributed by atoms with van der Waals surface area (Å²) in [5, 5.41) is 0. The van der Waals surface area contributed by atoms with Crippen molar-refractivity contribution in [3.05, 3.63) is 39.8 Å². The molecule has 0 saturated heterocycles. The predicted molar refractivity (Wildman–Crippen MR) is 51.8 cm³/mol. The maximum atomic E-state index is 11.4. The van der Waals surface area contributed by atoms with Crippen molar-refractivity contribution in [2.75, 3.05) is 0 Å². The number of rotatable bonds is 0. The van der Waals surface area contributed by atoms with Crippen molar-refractivity contribution in [3.8, 4) is 0 Å². The fourth-order valence-corrected chi connectivity index (χ4v) is 1.48. The molecule has 0 fully saturated rings. The number of aromatic amines is 1. The van der Waals surface area contributed by atoms with Crippen molar-refractivity contribution in [2.24, 2.45) is 0 Å². The Labute approximate surface area is 75.4 Å². The molecule has 0 atom stereocenters. The number of hydrogen-bond acceptors (Lipinski definition) is 2. The van der Waals surface area contributed by atoms with Crippen LogP contribution in [0.3, 0.4) is 0 Å². The minimum atomic E-state index is -0.0273. The van der Waals surface area contributed by atoms with E-state index in [4.69, 9.17) is 0 Å². The second-order valence-electron chi connectivity index (χ2n) is 3.15. The van der Waals surface area contributed by atoms with Crippen LogP contribution in [0, 0.1) is 13.8 Å². The summed E-state index contributed by atoms with van der Waals surface area (Å²) in [6.45, 7) is 3.85. The Kier molecular flexibility index (Phi) is 1.65. The van der Waals surface area contributed by atoms with Gasteiger partial charge in [0.05, 0.1) is 5.52 Å². The Balaban J connectivity index is 3.03. The lowest BCUT2D eigenvalue weighted by Crippen LogP contribution is -2.04. The highest BCUT2D eigenvalue weighted by molar-refractivity contribution is 5.77. The molecule has 3 nitrogen and oxygen atoms in total. The van der Waals surface area contributed by atoms with Crippen molar-refractivity contribution < 1.29 is 0 Å². The predicted octanol–water partition coefficient (Wildman–Crippen LogP) is 1.54. The van der Waals surface area contributed by atoms with E-state index >= 15 is 0 Å². The topological polar surface area (TPSA) is 45.8 Å². The van der Waals surface area contributed by atoms with E-state index in [0.717, 1.165) is 16.8 Å². The second-order valence-corrected chi connectivity index (χ2v) is 3.15. The van der Waals surface area contributed by atoms with Gasteiger partial charge in [0, 0.05) is 18.0 Å². The summed E-state index contributed by atoms with van der Waals surface area (Å²) in [5.74, 6) is 0. The van der Waals surface area contributed by atoms with Gasteiger partial charge < -0.3 is 4.98 Å². The molecule has 0 aliphatic rings. The van der Waals surface area contributed by atoms with Gasteiger partial charge in [-0.1, -0.05) is 0 Å². The molecule has 13 heavy (non-hydrogen) atoms. The average Bonchev–Trinajstić information content (AvgIpc) is 2.07. The summed E-state index contributed by atoms with van der Waals surface area (Å²) < 4.78 is 0. The highest BCUT2D eigenvalue weighted by Crippen LogP contribution is 2.10. The molecule has 0 aliphatic heterocycles. The Morgan fingerprint density at radius 2 is 2.15 bits per heavy atom. The van der Waals surface area contributed by atoms with Gasteiger partial charge in [0.2, 0.25) is 5.43 Å². The summed E-state index contributed by atoms with van der Waals surface area (Å²) >= 11 is 0. The molecule has 0 saturated carbocycles. The van der Waals surface area contributed by atoms with E-state index in [-0.39, 0.29) is 5.43 Å². The number of hydrogen-bond donors (Lipinski definition) is 1. The lowest BCUT2D eigenvalue weighted by Gasteiger charge is -2.01. The van der Waals surface area contributed by atoms with Crippen LogP contribution in [0.25, 0.3) is 11.0 Å².